The Morgan fingerprint density at radius 3 is 2.24 bits per heavy atom. The molecule has 8 heteroatoms. The van der Waals surface area contributed by atoms with E-state index in [4.69, 9.17) is 0 Å². The lowest BCUT2D eigenvalue weighted by Crippen LogP contribution is -2.44. The van der Waals surface area contributed by atoms with Gasteiger partial charge in [-0.2, -0.15) is 5.10 Å². The molecule has 8 nitrogen and oxygen atoms in total. The Labute approximate surface area is 216 Å². The molecule has 0 radical (unpaired) electrons. The zero-order valence-electron chi connectivity index (χ0n) is 21.4. The molecule has 5 rings (SSSR count). The number of nitrogens with one attached hydrogen (secondary N) is 3. The van der Waals surface area contributed by atoms with Gasteiger partial charge in [0.2, 0.25) is 0 Å². The van der Waals surface area contributed by atoms with Gasteiger partial charge in [0, 0.05) is 48.4 Å². The third-order valence-electron chi connectivity index (χ3n) is 6.98. The Kier molecular flexibility index (Phi) is 6.67. The normalized spacial score (nSPS) is 14.5. The van der Waals surface area contributed by atoms with Crippen LogP contribution in [0.4, 0.5) is 11.5 Å². The minimum atomic E-state index is -0.545. The van der Waals surface area contributed by atoms with Crippen LogP contribution in [0.25, 0.3) is 10.9 Å². The molecule has 0 bridgehead atoms. The van der Waals surface area contributed by atoms with Crippen LogP contribution in [0.15, 0.2) is 72.8 Å². The molecule has 1 aromatic heterocycles. The van der Waals surface area contributed by atoms with Crippen molar-refractivity contribution in [3.05, 3.63) is 89.5 Å². The van der Waals surface area contributed by atoms with E-state index in [1.54, 1.807) is 18.2 Å². The Bertz CT molecular complexity index is 1400. The largest absolute Gasteiger partial charge is 0.369 e. The van der Waals surface area contributed by atoms with E-state index in [0.29, 0.717) is 22.3 Å². The lowest BCUT2D eigenvalue weighted by molar-refractivity contribution is 0.0911. The second kappa shape index (κ2) is 10.1. The molecule has 0 spiro atoms. The van der Waals surface area contributed by atoms with Crippen molar-refractivity contribution < 1.29 is 9.59 Å². The van der Waals surface area contributed by atoms with E-state index in [1.165, 1.54) is 0 Å². The SMILES string of the molecule is CN1CCN(c2ccc(C(=O)Nc3n[nH]c4ccc(C(=O)NC(C)(C)c5ccccc5)cc34)cc2)CC1. The molecule has 3 N–H and O–H groups in total. The first-order valence-electron chi connectivity index (χ1n) is 12.5. The van der Waals surface area contributed by atoms with Gasteiger partial charge >= 0.3 is 0 Å². The number of amides is 2. The van der Waals surface area contributed by atoms with Crippen molar-refractivity contribution in [1.82, 2.24) is 20.4 Å². The molecule has 2 heterocycles. The van der Waals surface area contributed by atoms with Crippen LogP contribution < -0.4 is 15.5 Å². The van der Waals surface area contributed by atoms with Crippen LogP contribution in [0.5, 0.6) is 0 Å². The van der Waals surface area contributed by atoms with Gasteiger partial charge in [-0.25, -0.2) is 0 Å². The zero-order chi connectivity index (χ0) is 26.0. The molecule has 1 saturated heterocycles. The Morgan fingerprint density at radius 1 is 0.865 bits per heavy atom. The molecule has 4 aromatic rings. The molecular formula is C29H32N6O2. The molecule has 0 aliphatic carbocycles. The summed E-state index contributed by atoms with van der Waals surface area (Å²) in [4.78, 5) is 30.7. The van der Waals surface area contributed by atoms with Gasteiger partial charge in [0.15, 0.2) is 5.82 Å². The monoisotopic (exact) mass is 496 g/mol. The maximum Gasteiger partial charge on any atom is 0.256 e. The summed E-state index contributed by atoms with van der Waals surface area (Å²) in [5.41, 5.74) is 3.36. The van der Waals surface area contributed by atoms with E-state index >= 15 is 0 Å². The van der Waals surface area contributed by atoms with Crippen LogP contribution in [-0.4, -0.2) is 60.1 Å². The number of carbonyl (C=O) groups is 2. The van der Waals surface area contributed by atoms with Gasteiger partial charge in [0.1, 0.15) is 0 Å². The number of aromatic amines is 1. The van der Waals surface area contributed by atoms with Gasteiger partial charge < -0.3 is 20.4 Å². The molecule has 1 aliphatic rings. The first-order valence-corrected chi connectivity index (χ1v) is 12.5. The van der Waals surface area contributed by atoms with Crippen molar-refractivity contribution in [2.24, 2.45) is 0 Å². The van der Waals surface area contributed by atoms with Crippen LogP contribution in [0.2, 0.25) is 0 Å². The average molecular weight is 497 g/mol. The summed E-state index contributed by atoms with van der Waals surface area (Å²) in [5.74, 6) is -0.0627. The summed E-state index contributed by atoms with van der Waals surface area (Å²) in [6, 6.07) is 22.8. The van der Waals surface area contributed by atoms with Gasteiger partial charge in [-0.1, -0.05) is 30.3 Å². The molecule has 0 unspecified atom stereocenters. The number of aromatic nitrogens is 2. The maximum absolute atomic E-state index is 13.1. The van der Waals surface area contributed by atoms with Gasteiger partial charge in [-0.05, 0) is 68.9 Å². The fourth-order valence-corrected chi connectivity index (χ4v) is 4.60. The second-order valence-corrected chi connectivity index (χ2v) is 10.1. The highest BCUT2D eigenvalue weighted by Gasteiger charge is 2.24. The number of likely N-dealkylation sites (N-methyl/N-ethyl adjacent to an activating group) is 1. The van der Waals surface area contributed by atoms with Crippen molar-refractivity contribution >= 4 is 34.2 Å². The van der Waals surface area contributed by atoms with Crippen molar-refractivity contribution in [3.63, 3.8) is 0 Å². The number of hydrogen-bond donors (Lipinski definition) is 3. The fraction of sp³-hybridized carbons (Fsp3) is 0.276. The molecule has 3 aromatic carbocycles. The standard InChI is InChI=1S/C29H32N6O2/c1-29(2,22-7-5-4-6-8-22)31-28(37)21-11-14-25-24(19-21)26(33-32-25)30-27(36)20-9-12-23(13-10-20)35-17-15-34(3)16-18-35/h4-14,19H,15-18H2,1-3H3,(H,31,37)(H2,30,32,33,36). The summed E-state index contributed by atoms with van der Waals surface area (Å²) < 4.78 is 0. The summed E-state index contributed by atoms with van der Waals surface area (Å²) in [7, 11) is 2.13. The van der Waals surface area contributed by atoms with E-state index in [9.17, 15) is 9.59 Å². The number of benzene rings is 3. The molecule has 0 atom stereocenters. The summed E-state index contributed by atoms with van der Waals surface area (Å²) in [6.07, 6.45) is 0. The van der Waals surface area contributed by atoms with E-state index in [2.05, 4.69) is 37.7 Å². The predicted octanol–water partition coefficient (Wildman–Crippen LogP) is 4.23. The first-order chi connectivity index (χ1) is 17.8. The number of piperazine rings is 1. The Balaban J connectivity index is 1.30. The molecule has 190 valence electrons. The van der Waals surface area contributed by atoms with Crippen molar-refractivity contribution in [2.45, 2.75) is 19.4 Å². The van der Waals surface area contributed by atoms with E-state index in [0.717, 1.165) is 42.9 Å². The number of hydrogen-bond acceptors (Lipinski definition) is 5. The van der Waals surface area contributed by atoms with Crippen LogP contribution in [-0.2, 0) is 5.54 Å². The highest BCUT2D eigenvalue weighted by atomic mass is 16.2. The molecule has 1 fully saturated rings. The smallest absolute Gasteiger partial charge is 0.256 e. The zero-order valence-corrected chi connectivity index (χ0v) is 21.4. The number of anilines is 2. The van der Waals surface area contributed by atoms with Crippen LogP contribution in [0, 0.1) is 0 Å². The van der Waals surface area contributed by atoms with Gasteiger partial charge in [0.05, 0.1) is 11.1 Å². The summed E-state index contributed by atoms with van der Waals surface area (Å²) in [6.45, 7) is 7.94. The fourth-order valence-electron chi connectivity index (χ4n) is 4.60. The van der Waals surface area contributed by atoms with E-state index in [1.807, 2.05) is 68.4 Å². The van der Waals surface area contributed by atoms with Gasteiger partial charge in [-0.15, -0.1) is 0 Å². The highest BCUT2D eigenvalue weighted by molar-refractivity contribution is 6.09. The van der Waals surface area contributed by atoms with E-state index < -0.39 is 5.54 Å². The topological polar surface area (TPSA) is 93.4 Å². The minimum Gasteiger partial charge on any atom is -0.369 e. The first kappa shape index (κ1) is 24.5. The number of carbonyl (C=O) groups excluding carboxylic acids is 2. The third-order valence-corrected chi connectivity index (χ3v) is 6.98. The molecular weight excluding hydrogens is 464 g/mol. The lowest BCUT2D eigenvalue weighted by atomic mass is 9.94. The second-order valence-electron chi connectivity index (χ2n) is 10.1. The van der Waals surface area contributed by atoms with Crippen molar-refractivity contribution in [3.8, 4) is 0 Å². The lowest BCUT2D eigenvalue weighted by Gasteiger charge is -2.34. The van der Waals surface area contributed by atoms with Crippen LogP contribution in [0.1, 0.15) is 40.1 Å². The molecule has 0 saturated carbocycles. The van der Waals surface area contributed by atoms with Crippen LogP contribution >= 0.6 is 0 Å². The predicted molar refractivity (Wildman–Crippen MR) is 147 cm³/mol. The minimum absolute atomic E-state index is 0.200. The summed E-state index contributed by atoms with van der Waals surface area (Å²) >= 11 is 0. The third kappa shape index (κ3) is 5.34. The highest BCUT2D eigenvalue weighted by Crippen LogP contribution is 2.25. The van der Waals surface area contributed by atoms with Gasteiger partial charge in [0.25, 0.3) is 11.8 Å². The Hall–Kier alpha value is -4.17. The van der Waals surface area contributed by atoms with Gasteiger partial charge in [-0.3, -0.25) is 14.7 Å². The van der Waals surface area contributed by atoms with Crippen molar-refractivity contribution in [2.75, 3.05) is 43.4 Å². The number of nitrogens with zero attached hydrogens (tertiary/aromatic N) is 3. The molecule has 2 amide bonds. The van der Waals surface area contributed by atoms with Crippen molar-refractivity contribution in [1.29, 1.82) is 0 Å². The number of fused-ring (bicyclic) bond motifs is 1. The quantitative estimate of drug-likeness (QED) is 0.371. The number of rotatable bonds is 6. The van der Waals surface area contributed by atoms with Crippen LogP contribution in [0.3, 0.4) is 0 Å². The Morgan fingerprint density at radius 2 is 1.54 bits per heavy atom. The van der Waals surface area contributed by atoms with E-state index in [-0.39, 0.29) is 11.8 Å². The summed E-state index contributed by atoms with van der Waals surface area (Å²) in [5, 5.41) is 13.9. The molecule has 1 aliphatic heterocycles. The maximum atomic E-state index is 13.1. The number of H-pyrrole nitrogens is 1. The average Bonchev–Trinajstić information content (AvgIpc) is 3.31. The molecule has 37 heavy (non-hydrogen) atoms.